The molecule has 174 valence electrons. The molecule has 9 heteroatoms. The number of rotatable bonds is 6. The van der Waals surface area contributed by atoms with Gasteiger partial charge in [0.05, 0.1) is 19.1 Å². The summed E-state index contributed by atoms with van der Waals surface area (Å²) in [6, 6.07) is 10.9. The fourth-order valence-electron chi connectivity index (χ4n) is 5.29. The molecular formula is C25H24N4O5. The molecule has 2 aromatic heterocycles. The lowest BCUT2D eigenvalue weighted by Gasteiger charge is -2.28. The maximum Gasteiger partial charge on any atom is 0.327 e. The number of urea groups is 1. The minimum atomic E-state index is -0.976. The highest BCUT2D eigenvalue weighted by molar-refractivity contribution is 6.05. The Bertz CT molecular complexity index is 1340. The summed E-state index contributed by atoms with van der Waals surface area (Å²) in [5.41, 5.74) is 3.13. The first-order chi connectivity index (χ1) is 16.4. The summed E-state index contributed by atoms with van der Waals surface area (Å²) in [6.07, 6.45) is 3.19. The third kappa shape index (κ3) is 2.99. The summed E-state index contributed by atoms with van der Waals surface area (Å²) in [5, 5.41) is 10.6. The van der Waals surface area contributed by atoms with E-state index in [4.69, 9.17) is 4.74 Å². The highest BCUT2D eigenvalue weighted by Gasteiger charge is 2.57. The molecule has 9 nitrogen and oxygen atoms in total. The van der Waals surface area contributed by atoms with Crippen LogP contribution in [0.3, 0.4) is 0 Å². The highest BCUT2D eigenvalue weighted by atomic mass is 16.5. The van der Waals surface area contributed by atoms with E-state index in [1.54, 1.807) is 18.2 Å². The molecule has 3 aromatic rings. The van der Waals surface area contributed by atoms with Crippen LogP contribution in [0, 0.1) is 5.41 Å². The number of amides is 3. The van der Waals surface area contributed by atoms with Crippen LogP contribution in [0.15, 0.2) is 42.6 Å². The van der Waals surface area contributed by atoms with Crippen molar-refractivity contribution >= 4 is 28.8 Å². The second-order valence-corrected chi connectivity index (χ2v) is 9.38. The van der Waals surface area contributed by atoms with E-state index in [0.29, 0.717) is 38.2 Å². The number of aromatic nitrogens is 2. The lowest BCUT2D eigenvalue weighted by atomic mass is 9.97. The minimum Gasteiger partial charge on any atom is -0.481 e. The number of carbonyl (C=O) groups is 3. The van der Waals surface area contributed by atoms with Gasteiger partial charge in [-0.2, -0.15) is 0 Å². The Hall–Kier alpha value is -3.88. The Morgan fingerprint density at radius 2 is 2.00 bits per heavy atom. The molecule has 0 radical (unpaired) electrons. The number of hydrogen-bond donors (Lipinski definition) is 1. The number of benzene rings is 1. The van der Waals surface area contributed by atoms with Crippen molar-refractivity contribution < 1.29 is 24.2 Å². The van der Waals surface area contributed by atoms with Gasteiger partial charge in [0, 0.05) is 48.4 Å². The van der Waals surface area contributed by atoms with E-state index in [2.05, 4.69) is 21.7 Å². The Labute approximate surface area is 195 Å². The maximum absolute atomic E-state index is 13.2. The van der Waals surface area contributed by atoms with Crippen LogP contribution in [-0.2, 0) is 29.1 Å². The third-order valence-corrected chi connectivity index (χ3v) is 7.43. The Morgan fingerprint density at radius 1 is 1.21 bits per heavy atom. The number of aliphatic carboxylic acids is 1. The zero-order valence-electron chi connectivity index (χ0n) is 18.7. The smallest absolute Gasteiger partial charge is 0.327 e. The van der Waals surface area contributed by atoms with E-state index >= 15 is 0 Å². The van der Waals surface area contributed by atoms with Crippen molar-refractivity contribution in [1.82, 2.24) is 19.4 Å². The minimum absolute atomic E-state index is 0.0461. The largest absolute Gasteiger partial charge is 0.481 e. The number of hydrogen-bond acceptors (Lipinski definition) is 5. The number of ether oxygens (including phenoxy) is 1. The Kier molecular flexibility index (Phi) is 4.45. The third-order valence-electron chi connectivity index (χ3n) is 7.43. The van der Waals surface area contributed by atoms with E-state index in [1.807, 2.05) is 24.3 Å². The molecule has 0 unspecified atom stereocenters. The lowest BCUT2D eigenvalue weighted by Crippen LogP contribution is -2.40. The van der Waals surface area contributed by atoms with Crippen LogP contribution in [-0.4, -0.2) is 62.1 Å². The average molecular weight is 460 g/mol. The number of pyridine rings is 1. The molecule has 2 aliphatic heterocycles. The van der Waals surface area contributed by atoms with Gasteiger partial charge in [0.15, 0.2) is 0 Å². The van der Waals surface area contributed by atoms with Gasteiger partial charge in [0.2, 0.25) is 5.88 Å². The molecule has 1 saturated carbocycles. The van der Waals surface area contributed by atoms with Crippen molar-refractivity contribution in [1.29, 1.82) is 0 Å². The van der Waals surface area contributed by atoms with Crippen LogP contribution in [0.4, 0.5) is 4.79 Å². The summed E-state index contributed by atoms with van der Waals surface area (Å²) in [6.45, 7) is 0.828. The van der Waals surface area contributed by atoms with E-state index in [1.165, 1.54) is 0 Å². The van der Waals surface area contributed by atoms with Gasteiger partial charge in [0.25, 0.3) is 5.91 Å². The predicted octanol–water partition coefficient (Wildman–Crippen LogP) is 2.65. The molecule has 1 aliphatic carbocycles. The van der Waals surface area contributed by atoms with Gasteiger partial charge in [-0.15, -0.1) is 0 Å². The number of fused-ring (bicyclic) bond motifs is 4. The second-order valence-electron chi connectivity index (χ2n) is 9.38. The number of methoxy groups -OCH3 is 1. The number of carbonyl (C=O) groups excluding carboxylic acids is 2. The summed E-state index contributed by atoms with van der Waals surface area (Å²) >= 11 is 0. The van der Waals surface area contributed by atoms with Crippen molar-refractivity contribution in [3.63, 3.8) is 0 Å². The van der Waals surface area contributed by atoms with Gasteiger partial charge in [-0.05, 0) is 30.0 Å². The average Bonchev–Trinajstić information content (AvgIpc) is 3.55. The number of carboxylic acid groups (broad SMARTS) is 1. The molecule has 2 fully saturated rings. The Morgan fingerprint density at radius 3 is 2.68 bits per heavy atom. The fraction of sp³-hybridized carbons (Fsp3) is 0.360. The van der Waals surface area contributed by atoms with Gasteiger partial charge in [0.1, 0.15) is 6.04 Å². The molecule has 0 bridgehead atoms. The van der Waals surface area contributed by atoms with Crippen LogP contribution >= 0.6 is 0 Å². The number of para-hydroxylation sites is 1. The quantitative estimate of drug-likeness (QED) is 0.567. The molecule has 0 spiro atoms. The second kappa shape index (κ2) is 7.31. The van der Waals surface area contributed by atoms with Crippen molar-refractivity contribution in [2.45, 2.75) is 38.4 Å². The SMILES string of the molecule is COc1ccc(Cn2c3c(c4ccccc42)C[C@H]2C(=O)N(CC4(C(=O)O)CC4)C(=O)N2C3)cn1. The fourth-order valence-corrected chi connectivity index (χ4v) is 5.29. The molecule has 1 aromatic carbocycles. The standard InChI is InChI=1S/C25H24N4O5/c1-34-21-7-6-15(11-26-21)12-27-18-5-3-2-4-16(18)17-10-19-22(30)29(14-25(8-9-25)23(31)32)24(33)28(19)13-20(17)27/h2-7,11,19H,8-10,12-14H2,1H3,(H,31,32)/t19-/m0/s1. The first kappa shape index (κ1) is 20.7. The van der Waals surface area contributed by atoms with Gasteiger partial charge < -0.3 is 19.3 Å². The molecule has 6 rings (SSSR count). The van der Waals surface area contributed by atoms with Crippen LogP contribution in [0.1, 0.15) is 29.7 Å². The van der Waals surface area contributed by atoms with Crippen LogP contribution in [0.2, 0.25) is 0 Å². The molecule has 34 heavy (non-hydrogen) atoms. The first-order valence-corrected chi connectivity index (χ1v) is 11.4. The topological polar surface area (TPSA) is 105 Å². The van der Waals surface area contributed by atoms with Crippen LogP contribution in [0.5, 0.6) is 5.88 Å². The number of carboxylic acids is 1. The highest BCUT2D eigenvalue weighted by Crippen LogP contribution is 2.48. The molecular weight excluding hydrogens is 436 g/mol. The van der Waals surface area contributed by atoms with E-state index in [-0.39, 0.29) is 12.5 Å². The summed E-state index contributed by atoms with van der Waals surface area (Å²) in [5.74, 6) is -0.687. The normalized spacial score (nSPS) is 20.4. The zero-order chi connectivity index (χ0) is 23.6. The summed E-state index contributed by atoms with van der Waals surface area (Å²) in [7, 11) is 1.58. The monoisotopic (exact) mass is 460 g/mol. The van der Waals surface area contributed by atoms with Crippen LogP contribution in [0.25, 0.3) is 10.9 Å². The molecule has 1 saturated heterocycles. The van der Waals surface area contributed by atoms with E-state index in [0.717, 1.165) is 32.6 Å². The lowest BCUT2D eigenvalue weighted by molar-refractivity contribution is -0.144. The molecule has 4 heterocycles. The maximum atomic E-state index is 13.2. The van der Waals surface area contributed by atoms with Crippen molar-refractivity contribution in [3.05, 3.63) is 59.4 Å². The first-order valence-electron chi connectivity index (χ1n) is 11.4. The van der Waals surface area contributed by atoms with Gasteiger partial charge in [-0.1, -0.05) is 24.3 Å². The number of imide groups is 1. The molecule has 3 aliphatic rings. The molecule has 3 amide bonds. The summed E-state index contributed by atoms with van der Waals surface area (Å²) in [4.78, 5) is 45.2. The Balaban J connectivity index is 1.36. The summed E-state index contributed by atoms with van der Waals surface area (Å²) < 4.78 is 7.35. The van der Waals surface area contributed by atoms with E-state index in [9.17, 15) is 19.5 Å². The van der Waals surface area contributed by atoms with Crippen molar-refractivity contribution in [2.24, 2.45) is 5.41 Å². The number of nitrogens with zero attached hydrogens (tertiary/aromatic N) is 4. The zero-order valence-corrected chi connectivity index (χ0v) is 18.7. The predicted molar refractivity (Wildman–Crippen MR) is 121 cm³/mol. The van der Waals surface area contributed by atoms with E-state index < -0.39 is 23.5 Å². The van der Waals surface area contributed by atoms with Crippen LogP contribution < -0.4 is 4.74 Å². The van der Waals surface area contributed by atoms with Gasteiger partial charge in [-0.25, -0.2) is 9.78 Å². The van der Waals surface area contributed by atoms with Gasteiger partial charge >= 0.3 is 12.0 Å². The molecule has 1 N–H and O–H groups in total. The van der Waals surface area contributed by atoms with Gasteiger partial charge in [-0.3, -0.25) is 14.5 Å². The van der Waals surface area contributed by atoms with Crippen molar-refractivity contribution in [2.75, 3.05) is 13.7 Å². The molecule has 1 atom stereocenters. The van der Waals surface area contributed by atoms with Crippen molar-refractivity contribution in [3.8, 4) is 5.88 Å².